The molecule has 1 N–H and O–H groups in total. The molecule has 0 radical (unpaired) electrons. The molecule has 164 valence electrons. The molecule has 0 amide bonds. The second-order valence-electron chi connectivity index (χ2n) is 9.80. The lowest BCUT2D eigenvalue weighted by Gasteiger charge is -2.63. The molecule has 0 aromatic carbocycles. The SMILES string of the molecule is CC(=O)O[C@H]1C[C@@H](C(C)=O)[C@]2(C)CCC3C(=O)O[C@H](c4ccoc4)C[C@]3(C)C2[C@H]1O. The van der Waals surface area contributed by atoms with Gasteiger partial charge < -0.3 is 19.0 Å². The van der Waals surface area contributed by atoms with Gasteiger partial charge in [-0.3, -0.25) is 14.4 Å². The highest BCUT2D eigenvalue weighted by atomic mass is 16.6. The second-order valence-corrected chi connectivity index (χ2v) is 9.80. The number of carbonyl (C=O) groups is 3. The first-order chi connectivity index (χ1) is 14.1. The number of esters is 2. The standard InChI is InChI=1S/C23H30O7/c1-12(24)16-9-17(29-13(2)25)19(26)20-22(16,3)7-5-15-21(27)30-18(10-23(15,20)4)14-6-8-28-11-14/h6,8,11,15-20,26H,5,7,9-10H2,1-4H3/t15?,16-,17-,18-,19-,20?,22-,23-/m0/s1. The maximum atomic E-state index is 13.0. The largest absolute Gasteiger partial charge is 0.472 e. The normalized spacial score (nSPS) is 43.2. The topological polar surface area (TPSA) is 103 Å². The van der Waals surface area contributed by atoms with Crippen LogP contribution in [0.4, 0.5) is 0 Å². The van der Waals surface area contributed by atoms with Gasteiger partial charge in [-0.2, -0.15) is 0 Å². The third kappa shape index (κ3) is 3.09. The summed E-state index contributed by atoms with van der Waals surface area (Å²) in [5.41, 5.74) is -0.331. The molecule has 4 rings (SSSR count). The Balaban J connectivity index is 1.78. The first-order valence-electron chi connectivity index (χ1n) is 10.7. The summed E-state index contributed by atoms with van der Waals surface area (Å²) in [6.07, 6.45) is 2.97. The van der Waals surface area contributed by atoms with Gasteiger partial charge >= 0.3 is 11.9 Å². The third-order valence-corrected chi connectivity index (χ3v) is 8.07. The average Bonchev–Trinajstić information content (AvgIpc) is 3.17. The van der Waals surface area contributed by atoms with E-state index in [1.54, 1.807) is 25.5 Å². The van der Waals surface area contributed by atoms with E-state index in [1.165, 1.54) is 6.92 Å². The zero-order valence-electron chi connectivity index (χ0n) is 17.9. The minimum Gasteiger partial charge on any atom is -0.472 e. The van der Waals surface area contributed by atoms with E-state index in [4.69, 9.17) is 13.9 Å². The molecule has 2 saturated carbocycles. The summed E-state index contributed by atoms with van der Waals surface area (Å²) in [5, 5.41) is 11.4. The molecule has 1 aromatic heterocycles. The number of furan rings is 1. The van der Waals surface area contributed by atoms with E-state index in [9.17, 15) is 19.5 Å². The van der Waals surface area contributed by atoms with Crippen molar-refractivity contribution in [1.29, 1.82) is 0 Å². The van der Waals surface area contributed by atoms with Crippen molar-refractivity contribution in [2.45, 2.75) is 71.7 Å². The number of cyclic esters (lactones) is 1. The van der Waals surface area contributed by atoms with Crippen molar-refractivity contribution in [3.8, 4) is 0 Å². The van der Waals surface area contributed by atoms with Crippen LogP contribution in [0, 0.1) is 28.6 Å². The van der Waals surface area contributed by atoms with Crippen LogP contribution in [0.1, 0.15) is 65.0 Å². The monoisotopic (exact) mass is 418 g/mol. The quantitative estimate of drug-likeness (QED) is 0.752. The average molecular weight is 418 g/mol. The van der Waals surface area contributed by atoms with Crippen LogP contribution >= 0.6 is 0 Å². The number of fused-ring (bicyclic) bond motifs is 3. The van der Waals surface area contributed by atoms with Crippen molar-refractivity contribution in [2.24, 2.45) is 28.6 Å². The van der Waals surface area contributed by atoms with E-state index in [2.05, 4.69) is 0 Å². The molecule has 30 heavy (non-hydrogen) atoms. The Morgan fingerprint density at radius 2 is 1.97 bits per heavy atom. The maximum absolute atomic E-state index is 13.0. The lowest BCUT2D eigenvalue weighted by atomic mass is 9.42. The molecular weight excluding hydrogens is 388 g/mol. The summed E-state index contributed by atoms with van der Waals surface area (Å²) in [6, 6.07) is 1.78. The van der Waals surface area contributed by atoms with Crippen molar-refractivity contribution >= 4 is 17.7 Å². The van der Waals surface area contributed by atoms with Gasteiger partial charge in [0.25, 0.3) is 0 Å². The first kappa shape index (κ1) is 21.1. The molecule has 0 bridgehead atoms. The summed E-state index contributed by atoms with van der Waals surface area (Å²) < 4.78 is 16.4. The number of carbonyl (C=O) groups excluding carboxylic acids is 3. The van der Waals surface area contributed by atoms with Crippen molar-refractivity contribution in [3.63, 3.8) is 0 Å². The van der Waals surface area contributed by atoms with Crippen molar-refractivity contribution in [1.82, 2.24) is 0 Å². The minimum atomic E-state index is -0.960. The molecule has 1 saturated heterocycles. The fraction of sp³-hybridized carbons (Fsp3) is 0.696. The molecule has 2 heterocycles. The number of Topliss-reactive ketones (excluding diaryl/α,β-unsaturated/α-hetero) is 1. The van der Waals surface area contributed by atoms with Gasteiger partial charge in [-0.05, 0) is 49.5 Å². The van der Waals surface area contributed by atoms with Gasteiger partial charge in [-0.1, -0.05) is 13.8 Å². The Morgan fingerprint density at radius 3 is 2.57 bits per heavy atom. The molecule has 3 fully saturated rings. The van der Waals surface area contributed by atoms with Crippen LogP contribution in [-0.2, 0) is 23.9 Å². The van der Waals surface area contributed by atoms with E-state index in [0.717, 1.165) is 5.56 Å². The summed E-state index contributed by atoms with van der Waals surface area (Å²) in [4.78, 5) is 37.4. The number of hydrogen-bond donors (Lipinski definition) is 1. The first-order valence-corrected chi connectivity index (χ1v) is 10.7. The van der Waals surface area contributed by atoms with Crippen LogP contribution in [0.2, 0.25) is 0 Å². The van der Waals surface area contributed by atoms with E-state index < -0.39 is 41.0 Å². The lowest BCUT2D eigenvalue weighted by Crippen LogP contribution is -2.66. The number of ether oxygens (including phenoxy) is 2. The lowest BCUT2D eigenvalue weighted by molar-refractivity contribution is -0.237. The highest BCUT2D eigenvalue weighted by molar-refractivity contribution is 5.80. The molecule has 3 aliphatic rings. The summed E-state index contributed by atoms with van der Waals surface area (Å²) in [5.74, 6) is -1.85. The van der Waals surface area contributed by atoms with Gasteiger partial charge in [0.05, 0.1) is 24.5 Å². The maximum Gasteiger partial charge on any atom is 0.310 e. The smallest absolute Gasteiger partial charge is 0.310 e. The summed E-state index contributed by atoms with van der Waals surface area (Å²) in [7, 11) is 0. The van der Waals surface area contributed by atoms with Crippen LogP contribution < -0.4 is 0 Å². The molecule has 7 heteroatoms. The highest BCUT2D eigenvalue weighted by Crippen LogP contribution is 2.66. The number of ketones is 1. The van der Waals surface area contributed by atoms with Gasteiger partial charge in [0, 0.05) is 24.3 Å². The number of hydrogen-bond acceptors (Lipinski definition) is 7. The zero-order chi connectivity index (χ0) is 21.8. The van der Waals surface area contributed by atoms with Crippen LogP contribution in [0.15, 0.2) is 23.0 Å². The van der Waals surface area contributed by atoms with Gasteiger partial charge in [0.15, 0.2) is 0 Å². The van der Waals surface area contributed by atoms with Gasteiger partial charge in [-0.25, -0.2) is 0 Å². The number of aliphatic hydroxyl groups is 1. The van der Waals surface area contributed by atoms with Crippen molar-refractivity contribution in [2.75, 3.05) is 0 Å². The highest BCUT2D eigenvalue weighted by Gasteiger charge is 2.66. The predicted octanol–water partition coefficient (Wildman–Crippen LogP) is 3.21. The fourth-order valence-electron chi connectivity index (χ4n) is 6.86. The fourth-order valence-corrected chi connectivity index (χ4v) is 6.86. The third-order valence-electron chi connectivity index (χ3n) is 8.07. The van der Waals surface area contributed by atoms with Crippen LogP contribution in [0.3, 0.4) is 0 Å². The molecule has 1 aromatic rings. The Kier molecular flexibility index (Phi) is 5.08. The Labute approximate surface area is 176 Å². The van der Waals surface area contributed by atoms with E-state index in [0.29, 0.717) is 25.7 Å². The Bertz CT molecular complexity index is 846. The van der Waals surface area contributed by atoms with Crippen molar-refractivity contribution in [3.05, 3.63) is 24.2 Å². The predicted molar refractivity (Wildman–Crippen MR) is 105 cm³/mol. The molecule has 2 aliphatic carbocycles. The molecule has 7 nitrogen and oxygen atoms in total. The van der Waals surface area contributed by atoms with Crippen LogP contribution in [-0.4, -0.2) is 35.0 Å². The van der Waals surface area contributed by atoms with E-state index in [-0.39, 0.29) is 23.6 Å². The number of aliphatic hydroxyl groups excluding tert-OH is 1. The molecule has 8 atom stereocenters. The van der Waals surface area contributed by atoms with Gasteiger partial charge in [0.2, 0.25) is 0 Å². The van der Waals surface area contributed by atoms with E-state index in [1.807, 2.05) is 13.8 Å². The number of rotatable bonds is 3. The van der Waals surface area contributed by atoms with Gasteiger partial charge in [-0.15, -0.1) is 0 Å². The summed E-state index contributed by atoms with van der Waals surface area (Å²) in [6.45, 7) is 6.93. The zero-order valence-corrected chi connectivity index (χ0v) is 17.9. The molecule has 2 unspecified atom stereocenters. The van der Waals surface area contributed by atoms with Crippen molar-refractivity contribution < 1.29 is 33.4 Å². The van der Waals surface area contributed by atoms with Crippen LogP contribution in [0.5, 0.6) is 0 Å². The molecular formula is C23H30O7. The Hall–Kier alpha value is -2.15. The second kappa shape index (κ2) is 7.22. The van der Waals surface area contributed by atoms with Crippen LogP contribution in [0.25, 0.3) is 0 Å². The molecule has 0 spiro atoms. The summed E-state index contributed by atoms with van der Waals surface area (Å²) >= 11 is 0. The molecule has 1 aliphatic heterocycles. The Morgan fingerprint density at radius 1 is 1.23 bits per heavy atom. The minimum absolute atomic E-state index is 0.0263. The van der Waals surface area contributed by atoms with Gasteiger partial charge in [0.1, 0.15) is 18.0 Å². The van der Waals surface area contributed by atoms with E-state index >= 15 is 0 Å².